The number of pyridine rings is 1. The lowest BCUT2D eigenvalue weighted by Gasteiger charge is -2.12. The second-order valence-corrected chi connectivity index (χ2v) is 5.37. The molecule has 0 bridgehead atoms. The maximum absolute atomic E-state index is 11.2. The first kappa shape index (κ1) is 16.2. The number of allylic oxidation sites excluding steroid dienone is 3. The Bertz CT molecular complexity index is 895. The minimum absolute atomic E-state index is 0.0727. The zero-order valence-electron chi connectivity index (χ0n) is 13.0. The summed E-state index contributed by atoms with van der Waals surface area (Å²) < 4.78 is 0. The smallest absolute Gasteiger partial charge is 0.335 e. The third kappa shape index (κ3) is 3.81. The second kappa shape index (κ2) is 6.84. The van der Waals surface area contributed by atoms with E-state index in [9.17, 15) is 9.59 Å². The number of aromatic carboxylic acids is 2. The highest BCUT2D eigenvalue weighted by molar-refractivity contribution is 5.95. The number of nitrogens with one attached hydrogen (secondary N) is 1. The number of carboxylic acids is 2. The van der Waals surface area contributed by atoms with Crippen LogP contribution < -0.4 is 5.32 Å². The molecule has 2 heterocycles. The van der Waals surface area contributed by atoms with Crippen LogP contribution in [0.25, 0.3) is 11.6 Å². The van der Waals surface area contributed by atoms with Gasteiger partial charge in [0.2, 0.25) is 0 Å². The van der Waals surface area contributed by atoms with E-state index >= 15 is 0 Å². The van der Waals surface area contributed by atoms with Gasteiger partial charge in [-0.25, -0.2) is 9.59 Å². The van der Waals surface area contributed by atoms with Gasteiger partial charge in [0.05, 0.1) is 11.1 Å². The molecule has 0 amide bonds. The van der Waals surface area contributed by atoms with Crippen LogP contribution >= 0.6 is 0 Å². The molecule has 0 aliphatic carbocycles. The molecule has 25 heavy (non-hydrogen) atoms. The van der Waals surface area contributed by atoms with E-state index in [1.807, 2.05) is 24.3 Å². The summed E-state index contributed by atoms with van der Waals surface area (Å²) >= 11 is 0. The van der Waals surface area contributed by atoms with Gasteiger partial charge < -0.3 is 15.5 Å². The van der Waals surface area contributed by atoms with Gasteiger partial charge in [-0.15, -0.1) is 0 Å². The van der Waals surface area contributed by atoms with Crippen LogP contribution in [0.4, 0.5) is 0 Å². The summed E-state index contributed by atoms with van der Waals surface area (Å²) in [7, 11) is 0. The molecule has 0 spiro atoms. The van der Waals surface area contributed by atoms with Gasteiger partial charge in [-0.1, -0.05) is 0 Å². The molecular formula is C19H14N2O4. The Labute approximate surface area is 143 Å². The Balaban J connectivity index is 2.00. The first-order chi connectivity index (χ1) is 12.0. The number of nitrogens with zero attached hydrogens (tertiary/aromatic N) is 1. The highest BCUT2D eigenvalue weighted by Gasteiger charge is 2.11. The maximum Gasteiger partial charge on any atom is 0.335 e. The minimum Gasteiger partial charge on any atom is -0.478 e. The molecule has 124 valence electrons. The topological polar surface area (TPSA) is 99.5 Å². The Morgan fingerprint density at radius 2 is 1.64 bits per heavy atom. The van der Waals surface area contributed by atoms with Crippen LogP contribution in [-0.2, 0) is 0 Å². The molecule has 0 saturated carbocycles. The van der Waals surface area contributed by atoms with Crippen molar-refractivity contribution in [3.63, 3.8) is 0 Å². The van der Waals surface area contributed by atoms with E-state index in [4.69, 9.17) is 10.2 Å². The first-order valence-electron chi connectivity index (χ1n) is 7.41. The quantitative estimate of drug-likeness (QED) is 0.795. The predicted octanol–water partition coefficient (Wildman–Crippen LogP) is 3.02. The lowest BCUT2D eigenvalue weighted by molar-refractivity contribution is 0.0696. The molecule has 6 heteroatoms. The van der Waals surface area contributed by atoms with E-state index < -0.39 is 11.9 Å². The third-order valence-electron chi connectivity index (χ3n) is 3.61. The molecule has 6 nitrogen and oxygen atoms in total. The molecule has 3 N–H and O–H groups in total. The van der Waals surface area contributed by atoms with Crippen molar-refractivity contribution >= 4 is 23.6 Å². The van der Waals surface area contributed by atoms with Gasteiger partial charge in [0.1, 0.15) is 0 Å². The molecule has 1 aliphatic heterocycles. The predicted molar refractivity (Wildman–Crippen MR) is 92.8 cm³/mol. The van der Waals surface area contributed by atoms with Gasteiger partial charge in [-0.3, -0.25) is 4.98 Å². The normalized spacial score (nSPS) is 14.7. The highest BCUT2D eigenvalue weighted by Crippen LogP contribution is 2.21. The summed E-state index contributed by atoms with van der Waals surface area (Å²) in [5.41, 5.74) is 3.01. The number of carbonyl (C=O) groups is 2. The van der Waals surface area contributed by atoms with Crippen LogP contribution in [0.2, 0.25) is 0 Å². The van der Waals surface area contributed by atoms with E-state index in [0.29, 0.717) is 11.3 Å². The molecule has 3 rings (SSSR count). The zero-order chi connectivity index (χ0) is 17.8. The Morgan fingerprint density at radius 1 is 1.00 bits per heavy atom. The van der Waals surface area contributed by atoms with E-state index in [2.05, 4.69) is 10.3 Å². The molecule has 0 fully saturated rings. The molecule has 0 atom stereocenters. The number of hydrogen-bond donors (Lipinski definition) is 3. The zero-order valence-corrected chi connectivity index (χ0v) is 13.0. The molecule has 1 aliphatic rings. The highest BCUT2D eigenvalue weighted by atomic mass is 16.4. The van der Waals surface area contributed by atoms with E-state index in [1.54, 1.807) is 24.7 Å². The summed E-state index contributed by atoms with van der Waals surface area (Å²) in [4.78, 5) is 26.4. The van der Waals surface area contributed by atoms with Crippen molar-refractivity contribution in [1.82, 2.24) is 10.3 Å². The standard InChI is InChI=1S/C19H14N2O4/c22-18(23)15-7-12(8-16(10-15)19(24)25)9-17-11-14(3-6-21-17)13-1-4-20-5-2-13/h1-11,21H,(H,22,23)(H,24,25). The number of hydrogen-bond acceptors (Lipinski definition) is 4. The van der Waals surface area contributed by atoms with E-state index in [1.165, 1.54) is 12.1 Å². The summed E-state index contributed by atoms with van der Waals surface area (Å²) in [6, 6.07) is 7.77. The van der Waals surface area contributed by atoms with Crippen LogP contribution in [0.3, 0.4) is 0 Å². The van der Waals surface area contributed by atoms with Crippen molar-refractivity contribution in [2.24, 2.45) is 0 Å². The van der Waals surface area contributed by atoms with E-state index in [0.717, 1.165) is 17.2 Å². The van der Waals surface area contributed by atoms with Gasteiger partial charge in [0.25, 0.3) is 0 Å². The third-order valence-corrected chi connectivity index (χ3v) is 3.61. The number of benzene rings is 1. The summed E-state index contributed by atoms with van der Waals surface area (Å²) in [6.45, 7) is 0. The average molecular weight is 334 g/mol. The molecule has 1 aromatic heterocycles. The number of carboxylic acid groups (broad SMARTS) is 2. The molecule has 1 aromatic carbocycles. The maximum atomic E-state index is 11.2. The van der Waals surface area contributed by atoms with Gasteiger partial charge in [0.15, 0.2) is 0 Å². The van der Waals surface area contributed by atoms with Crippen LogP contribution in [-0.4, -0.2) is 27.1 Å². The van der Waals surface area contributed by atoms with Gasteiger partial charge in [-0.2, -0.15) is 0 Å². The Kier molecular flexibility index (Phi) is 4.43. The average Bonchev–Trinajstić information content (AvgIpc) is 2.62. The number of aromatic nitrogens is 1. The van der Waals surface area contributed by atoms with Gasteiger partial charge >= 0.3 is 11.9 Å². The van der Waals surface area contributed by atoms with Crippen molar-refractivity contribution in [3.8, 4) is 0 Å². The van der Waals surface area contributed by atoms with Crippen molar-refractivity contribution in [2.45, 2.75) is 0 Å². The molecule has 0 radical (unpaired) electrons. The molecular weight excluding hydrogens is 320 g/mol. The van der Waals surface area contributed by atoms with Crippen LogP contribution in [0, 0.1) is 0 Å². The summed E-state index contributed by atoms with van der Waals surface area (Å²) in [5.74, 6) is -2.35. The lowest BCUT2D eigenvalue weighted by Crippen LogP contribution is -2.07. The van der Waals surface area contributed by atoms with Crippen molar-refractivity contribution in [1.29, 1.82) is 0 Å². The van der Waals surface area contributed by atoms with Crippen molar-refractivity contribution < 1.29 is 19.8 Å². The fraction of sp³-hybridized carbons (Fsp3) is 0. The van der Waals surface area contributed by atoms with Gasteiger partial charge in [-0.05, 0) is 65.3 Å². The largest absolute Gasteiger partial charge is 0.478 e. The SMILES string of the molecule is O=C(O)c1cc(C=C2C=C(c3ccncc3)C=CN2)cc(C(=O)O)c1. The molecule has 2 aromatic rings. The van der Waals surface area contributed by atoms with E-state index in [-0.39, 0.29) is 11.1 Å². The second-order valence-electron chi connectivity index (χ2n) is 5.37. The summed E-state index contributed by atoms with van der Waals surface area (Å²) in [5, 5.41) is 21.4. The lowest BCUT2D eigenvalue weighted by atomic mass is 10.0. The summed E-state index contributed by atoms with van der Waals surface area (Å²) in [6.07, 6.45) is 10.7. The Hall–Kier alpha value is -3.67. The van der Waals surface area contributed by atoms with Crippen LogP contribution in [0.1, 0.15) is 31.8 Å². The van der Waals surface area contributed by atoms with Gasteiger partial charge in [0, 0.05) is 24.3 Å². The number of dihydropyridines is 1. The van der Waals surface area contributed by atoms with Crippen LogP contribution in [0.15, 0.2) is 66.8 Å². The monoisotopic (exact) mass is 334 g/mol. The van der Waals surface area contributed by atoms with Crippen LogP contribution in [0.5, 0.6) is 0 Å². The fourth-order valence-electron chi connectivity index (χ4n) is 2.45. The fourth-order valence-corrected chi connectivity index (χ4v) is 2.45. The molecule has 0 unspecified atom stereocenters. The minimum atomic E-state index is -1.17. The Morgan fingerprint density at radius 3 is 2.24 bits per heavy atom. The first-order valence-corrected chi connectivity index (χ1v) is 7.41. The molecule has 0 saturated heterocycles. The van der Waals surface area contributed by atoms with Crippen molar-refractivity contribution in [3.05, 3.63) is 89.0 Å². The number of rotatable bonds is 4. The van der Waals surface area contributed by atoms with Crippen molar-refractivity contribution in [2.75, 3.05) is 0 Å².